The molecule has 3 unspecified atom stereocenters. The number of nitrogens with one attached hydrogen (secondary N) is 2. The second-order valence-electron chi connectivity index (χ2n) is 7.30. The van der Waals surface area contributed by atoms with E-state index >= 15 is 0 Å². The number of likely N-dealkylation sites (N-methyl/N-ethyl adjacent to an activating group) is 1. The Morgan fingerprint density at radius 1 is 1.35 bits per heavy atom. The first-order chi connectivity index (χ1) is 14.6. The van der Waals surface area contributed by atoms with Crippen molar-refractivity contribution in [1.29, 1.82) is 0 Å². The Balaban J connectivity index is 1.57. The van der Waals surface area contributed by atoms with Gasteiger partial charge in [-0.05, 0) is 48.7 Å². The molecule has 31 heavy (non-hydrogen) atoms. The lowest BCUT2D eigenvalue weighted by Gasteiger charge is -2.39. The van der Waals surface area contributed by atoms with Crippen LogP contribution in [0.15, 0.2) is 42.6 Å². The molecule has 1 saturated heterocycles. The number of thiophene rings is 1. The number of aromatic nitrogens is 2. The van der Waals surface area contributed by atoms with E-state index in [-0.39, 0.29) is 17.0 Å². The van der Waals surface area contributed by atoms with E-state index in [1.807, 2.05) is 31.4 Å². The van der Waals surface area contributed by atoms with Gasteiger partial charge in [0.25, 0.3) is 0 Å². The summed E-state index contributed by atoms with van der Waals surface area (Å²) < 4.78 is 32.8. The molecule has 7 nitrogen and oxygen atoms in total. The van der Waals surface area contributed by atoms with Crippen molar-refractivity contribution in [3.8, 4) is 10.6 Å². The fraction of sp³-hybridized carbons (Fsp3) is 0.250. The first-order valence-corrected chi connectivity index (χ1v) is 12.2. The van der Waals surface area contributed by atoms with Gasteiger partial charge in [0.2, 0.25) is 5.91 Å². The molecule has 1 aromatic carbocycles. The van der Waals surface area contributed by atoms with Gasteiger partial charge in [0.15, 0.2) is 0 Å². The summed E-state index contributed by atoms with van der Waals surface area (Å²) in [5, 5.41) is 7.06. The van der Waals surface area contributed by atoms with Crippen LogP contribution in [0.3, 0.4) is 0 Å². The molecule has 0 aliphatic carbocycles. The number of carbonyl (C=O) groups is 1. The molecule has 2 N–H and O–H groups in total. The molecule has 2 aromatic heterocycles. The molecule has 0 bridgehead atoms. The molecule has 1 fully saturated rings. The normalized spacial score (nSPS) is 24.3. The summed E-state index contributed by atoms with van der Waals surface area (Å²) >= 11 is 7.33. The maximum Gasteiger partial charge on any atom is 0.242 e. The van der Waals surface area contributed by atoms with Gasteiger partial charge in [0, 0.05) is 30.9 Å². The molecule has 0 spiro atoms. The van der Waals surface area contributed by atoms with Crippen LogP contribution in [-0.4, -0.2) is 43.2 Å². The lowest BCUT2D eigenvalue weighted by Crippen LogP contribution is -2.55. The third-order valence-corrected chi connectivity index (χ3v) is 8.46. The van der Waals surface area contributed by atoms with E-state index in [1.54, 1.807) is 11.7 Å². The Hall–Kier alpha value is -2.24. The van der Waals surface area contributed by atoms with Gasteiger partial charge in [0.05, 0.1) is 25.8 Å². The van der Waals surface area contributed by atoms with Crippen molar-refractivity contribution in [2.24, 2.45) is 7.05 Å². The van der Waals surface area contributed by atoms with Crippen LogP contribution in [0, 0.1) is 5.82 Å². The van der Waals surface area contributed by atoms with Crippen LogP contribution >= 0.6 is 22.9 Å². The van der Waals surface area contributed by atoms with E-state index in [0.29, 0.717) is 12.1 Å². The average molecular weight is 482 g/mol. The van der Waals surface area contributed by atoms with E-state index in [9.17, 15) is 13.4 Å². The smallest absolute Gasteiger partial charge is 0.242 e. The van der Waals surface area contributed by atoms with Crippen molar-refractivity contribution in [2.45, 2.75) is 18.5 Å². The second kappa shape index (κ2) is 8.36. The summed E-state index contributed by atoms with van der Waals surface area (Å²) in [6.45, 7) is 0. The van der Waals surface area contributed by atoms with Crippen LogP contribution in [0.25, 0.3) is 10.6 Å². The monoisotopic (exact) mass is 481 g/mol. The maximum absolute atomic E-state index is 13.4. The number of hydrogen-bond acceptors (Lipinski definition) is 4. The van der Waals surface area contributed by atoms with Crippen molar-refractivity contribution in [1.82, 2.24) is 18.8 Å². The quantitative estimate of drug-likeness (QED) is 0.560. The fourth-order valence-corrected chi connectivity index (χ4v) is 6.12. The second-order valence-corrected chi connectivity index (χ2v) is 10.9. The Labute approximate surface area is 189 Å². The summed E-state index contributed by atoms with van der Waals surface area (Å²) in [6, 6.07) is 8.75. The zero-order valence-electron chi connectivity index (χ0n) is 16.8. The van der Waals surface area contributed by atoms with E-state index in [0.717, 1.165) is 15.4 Å². The van der Waals surface area contributed by atoms with Gasteiger partial charge in [-0.2, -0.15) is 5.10 Å². The zero-order chi connectivity index (χ0) is 22.3. The van der Waals surface area contributed by atoms with Crippen LogP contribution in [0.1, 0.15) is 17.3 Å². The van der Waals surface area contributed by atoms with E-state index in [4.69, 9.17) is 11.6 Å². The van der Waals surface area contributed by atoms with Crippen molar-refractivity contribution in [2.75, 3.05) is 12.4 Å². The summed E-state index contributed by atoms with van der Waals surface area (Å²) in [5.74, 6) is 2.87. The third kappa shape index (κ3) is 4.53. The van der Waals surface area contributed by atoms with Crippen LogP contribution in [0.4, 0.5) is 10.1 Å². The molecular weight excluding hydrogens is 461 g/mol. The third-order valence-electron chi connectivity index (χ3n) is 5.12. The first kappa shape index (κ1) is 22.0. The number of amides is 1. The summed E-state index contributed by atoms with van der Waals surface area (Å²) in [7, 11) is 0.557. The van der Waals surface area contributed by atoms with Crippen molar-refractivity contribution < 1.29 is 13.4 Å². The number of anilines is 1. The molecule has 3 heterocycles. The number of hydrogen-bond donors (Lipinski definition) is 2. The lowest BCUT2D eigenvalue weighted by molar-refractivity contribution is -0.120. The number of benzene rings is 1. The van der Waals surface area contributed by atoms with Gasteiger partial charge >= 0.3 is 0 Å². The molecule has 3 aromatic rings. The molecule has 164 valence electrons. The molecule has 11 heteroatoms. The van der Waals surface area contributed by atoms with E-state index < -0.39 is 21.8 Å². The minimum Gasteiger partial charge on any atom is -0.325 e. The molecule has 0 saturated carbocycles. The van der Waals surface area contributed by atoms with Crippen molar-refractivity contribution in [3.63, 3.8) is 0 Å². The molecule has 3 atom stereocenters. The van der Waals surface area contributed by atoms with Crippen LogP contribution in [0.5, 0.6) is 0 Å². The molecule has 1 aliphatic heterocycles. The number of rotatable bonds is 4. The van der Waals surface area contributed by atoms with Crippen LogP contribution in [0.2, 0.25) is 5.02 Å². The standard InChI is InChI=1S/C20H21ClFN5O2S2/c1-26-9-8-15(24-26)18-6-7-19(30-18)16-11-17(27(2)31(3,29)25-16)20(28)23-12-4-5-14(22)13(21)10-12/h4-10,16-17H,3,11H2,1-2H3,(H,23,28)(H,25,29). The number of aryl methyl sites for hydroxylation is 1. The largest absolute Gasteiger partial charge is 0.325 e. The fourth-order valence-electron chi connectivity index (χ4n) is 3.40. The molecule has 1 aliphatic rings. The van der Waals surface area contributed by atoms with Crippen molar-refractivity contribution >= 4 is 50.3 Å². The summed E-state index contributed by atoms with van der Waals surface area (Å²) in [4.78, 5) is 14.9. The first-order valence-electron chi connectivity index (χ1n) is 9.37. The Bertz CT molecular complexity index is 1240. The average Bonchev–Trinajstić information content (AvgIpc) is 3.35. The van der Waals surface area contributed by atoms with Crippen LogP contribution < -0.4 is 10.0 Å². The van der Waals surface area contributed by atoms with Gasteiger partial charge in [-0.25, -0.2) is 17.6 Å². The molecule has 0 radical (unpaired) electrons. The minimum atomic E-state index is -2.89. The zero-order valence-corrected chi connectivity index (χ0v) is 19.2. The molecule has 1 amide bonds. The predicted molar refractivity (Wildman–Crippen MR) is 124 cm³/mol. The lowest BCUT2D eigenvalue weighted by atomic mass is 10.1. The topological polar surface area (TPSA) is 79.3 Å². The van der Waals surface area contributed by atoms with Gasteiger partial charge in [-0.3, -0.25) is 9.48 Å². The summed E-state index contributed by atoms with van der Waals surface area (Å²) in [5.41, 5.74) is 1.22. The van der Waals surface area contributed by atoms with Gasteiger partial charge in [0.1, 0.15) is 17.6 Å². The highest BCUT2D eigenvalue weighted by atomic mass is 35.5. The van der Waals surface area contributed by atoms with Crippen LogP contribution in [-0.2, 0) is 21.7 Å². The molecule has 4 rings (SSSR count). The summed E-state index contributed by atoms with van der Waals surface area (Å²) in [6.07, 6.45) is 2.25. The van der Waals surface area contributed by atoms with Gasteiger partial charge < -0.3 is 5.32 Å². The van der Waals surface area contributed by atoms with E-state index in [1.165, 1.54) is 33.8 Å². The molecular formula is C20H21ClFN5O2S2. The van der Waals surface area contributed by atoms with E-state index in [2.05, 4.69) is 21.0 Å². The SMILES string of the molecule is C=S1(=O)NC(c2ccc(-c3ccn(C)n3)s2)CC(C(=O)Nc2ccc(F)c(Cl)c2)N1C. The van der Waals surface area contributed by atoms with Crippen molar-refractivity contribution in [3.05, 3.63) is 58.3 Å². The Morgan fingerprint density at radius 3 is 2.81 bits per heavy atom. The maximum atomic E-state index is 13.4. The highest BCUT2D eigenvalue weighted by Crippen LogP contribution is 2.35. The van der Waals surface area contributed by atoms with Gasteiger partial charge in [-0.1, -0.05) is 11.6 Å². The highest BCUT2D eigenvalue weighted by Gasteiger charge is 2.38. The highest BCUT2D eigenvalue weighted by molar-refractivity contribution is 7.96. The predicted octanol–water partition coefficient (Wildman–Crippen LogP) is 3.46. The Kier molecular flexibility index (Phi) is 5.93. The number of halogens is 2. The Morgan fingerprint density at radius 2 is 2.13 bits per heavy atom. The number of nitrogens with zero attached hydrogens (tertiary/aromatic N) is 3. The number of carbonyl (C=O) groups excluding carboxylic acids is 1. The minimum absolute atomic E-state index is 0.0871. The van der Waals surface area contributed by atoms with Gasteiger partial charge in [-0.15, -0.1) is 11.3 Å².